The van der Waals surface area contributed by atoms with Crippen LogP contribution in [0.2, 0.25) is 0 Å². The van der Waals surface area contributed by atoms with Gasteiger partial charge in [0.15, 0.2) is 5.78 Å². The molecule has 4 atom stereocenters. The van der Waals surface area contributed by atoms with E-state index in [2.05, 4.69) is 17.6 Å². The molecule has 0 amide bonds. The number of hydrogen-bond acceptors (Lipinski definition) is 9. The summed E-state index contributed by atoms with van der Waals surface area (Å²) in [5, 5.41) is 17.4. The van der Waals surface area contributed by atoms with Crippen molar-refractivity contribution in [2.45, 2.75) is 32.3 Å². The Morgan fingerprint density at radius 1 is 0.889 bits per heavy atom. The fraction of sp³-hybridized carbons (Fsp3) is 0.704. The molecule has 9 heteroatoms. The fourth-order valence-corrected chi connectivity index (χ4v) is 4.95. The smallest absolute Gasteiger partial charge is 0.170 e. The Morgan fingerprint density at radius 3 is 2.11 bits per heavy atom. The highest BCUT2D eigenvalue weighted by Crippen LogP contribution is 2.46. The minimum absolute atomic E-state index is 0.102. The van der Waals surface area contributed by atoms with Gasteiger partial charge in [-0.3, -0.25) is 9.59 Å². The highest BCUT2D eigenvalue weighted by molar-refractivity contribution is 6.06. The third kappa shape index (κ3) is 8.06. The van der Waals surface area contributed by atoms with Gasteiger partial charge in [0.25, 0.3) is 0 Å². The molecule has 4 unspecified atom stereocenters. The number of anilines is 1. The van der Waals surface area contributed by atoms with E-state index in [1.54, 1.807) is 6.07 Å². The number of ether oxygens (including phenoxy) is 4. The molecular formula is C27H42N2O7. The van der Waals surface area contributed by atoms with Crippen LogP contribution in [0.5, 0.6) is 0 Å². The Hall–Kier alpha value is -1.88. The van der Waals surface area contributed by atoms with Crippen LogP contribution in [0.1, 0.15) is 48.2 Å². The molecule has 0 aliphatic heterocycles. The van der Waals surface area contributed by atoms with Crippen LogP contribution in [0.15, 0.2) is 18.2 Å². The lowest BCUT2D eigenvalue weighted by atomic mass is 9.73. The van der Waals surface area contributed by atoms with Crippen molar-refractivity contribution in [3.8, 4) is 0 Å². The molecule has 3 N–H and O–H groups in total. The SMILES string of the molecule is CNCCOCCOCCOCCOCCNc1cccc2c1C(O)C(C1CCC(C)CC1=O)C2=O. The molecule has 1 saturated carbocycles. The molecule has 0 radical (unpaired) electrons. The number of Topliss-reactive ketones (excluding diaryl/α,β-unsaturated/α-hetero) is 2. The zero-order valence-electron chi connectivity index (χ0n) is 21.6. The number of carbonyl (C=O) groups is 2. The zero-order valence-corrected chi connectivity index (χ0v) is 21.6. The molecule has 2 aliphatic carbocycles. The molecule has 1 aromatic rings. The first-order valence-electron chi connectivity index (χ1n) is 13.1. The number of hydrogen-bond donors (Lipinski definition) is 3. The van der Waals surface area contributed by atoms with Gasteiger partial charge in [-0.1, -0.05) is 19.1 Å². The normalized spacial score (nSPS) is 23.8. The lowest BCUT2D eigenvalue weighted by Crippen LogP contribution is -2.34. The van der Waals surface area contributed by atoms with Crippen LogP contribution in [-0.4, -0.2) is 89.7 Å². The van der Waals surface area contributed by atoms with Crippen molar-refractivity contribution in [3.63, 3.8) is 0 Å². The number of nitrogens with one attached hydrogen (secondary N) is 2. The molecule has 0 bridgehead atoms. The Balaban J connectivity index is 1.31. The van der Waals surface area contributed by atoms with E-state index in [1.165, 1.54) is 0 Å². The summed E-state index contributed by atoms with van der Waals surface area (Å²) >= 11 is 0. The summed E-state index contributed by atoms with van der Waals surface area (Å²) in [6.07, 6.45) is 1.10. The maximum absolute atomic E-state index is 13.1. The third-order valence-corrected chi connectivity index (χ3v) is 6.85. The lowest BCUT2D eigenvalue weighted by molar-refractivity contribution is -0.128. The summed E-state index contributed by atoms with van der Waals surface area (Å²) in [5.41, 5.74) is 1.85. The molecule has 36 heavy (non-hydrogen) atoms. The second-order valence-electron chi connectivity index (χ2n) is 9.54. The first-order valence-corrected chi connectivity index (χ1v) is 13.1. The number of likely N-dealkylation sites (N-methyl/N-ethyl adjacent to an activating group) is 1. The van der Waals surface area contributed by atoms with E-state index in [4.69, 9.17) is 18.9 Å². The van der Waals surface area contributed by atoms with Crippen LogP contribution in [0.3, 0.4) is 0 Å². The maximum atomic E-state index is 13.1. The summed E-state index contributed by atoms with van der Waals surface area (Å²) < 4.78 is 21.9. The first-order chi connectivity index (χ1) is 17.5. The van der Waals surface area contributed by atoms with Gasteiger partial charge in [0.1, 0.15) is 5.78 Å². The minimum Gasteiger partial charge on any atom is -0.388 e. The van der Waals surface area contributed by atoms with Gasteiger partial charge in [-0.2, -0.15) is 0 Å². The van der Waals surface area contributed by atoms with Crippen LogP contribution in [0.25, 0.3) is 0 Å². The van der Waals surface area contributed by atoms with Crippen LogP contribution in [0, 0.1) is 17.8 Å². The summed E-state index contributed by atoms with van der Waals surface area (Å²) in [6.45, 7) is 7.64. The van der Waals surface area contributed by atoms with Gasteiger partial charge in [0.2, 0.25) is 0 Å². The van der Waals surface area contributed by atoms with E-state index in [0.29, 0.717) is 89.3 Å². The van der Waals surface area contributed by atoms with E-state index < -0.39 is 17.9 Å². The quantitative estimate of drug-likeness (QED) is 0.274. The second-order valence-corrected chi connectivity index (χ2v) is 9.54. The van der Waals surface area contributed by atoms with Gasteiger partial charge in [-0.15, -0.1) is 0 Å². The van der Waals surface area contributed by atoms with E-state index in [-0.39, 0.29) is 11.6 Å². The van der Waals surface area contributed by atoms with Crippen molar-refractivity contribution in [2.24, 2.45) is 17.8 Å². The fourth-order valence-electron chi connectivity index (χ4n) is 4.95. The number of benzene rings is 1. The molecule has 9 nitrogen and oxygen atoms in total. The van der Waals surface area contributed by atoms with Crippen LogP contribution < -0.4 is 10.6 Å². The average Bonchev–Trinajstić information content (AvgIpc) is 3.12. The van der Waals surface area contributed by atoms with Gasteiger partial charge < -0.3 is 34.7 Å². The van der Waals surface area contributed by atoms with Crippen molar-refractivity contribution in [3.05, 3.63) is 29.3 Å². The van der Waals surface area contributed by atoms with E-state index in [1.807, 2.05) is 19.2 Å². The topological polar surface area (TPSA) is 115 Å². The van der Waals surface area contributed by atoms with Crippen LogP contribution >= 0.6 is 0 Å². The number of fused-ring (bicyclic) bond motifs is 1. The highest BCUT2D eigenvalue weighted by atomic mass is 16.6. The van der Waals surface area contributed by atoms with Crippen LogP contribution in [0.4, 0.5) is 5.69 Å². The van der Waals surface area contributed by atoms with Crippen molar-refractivity contribution < 1.29 is 33.6 Å². The molecule has 202 valence electrons. The standard InChI is InChI=1S/C27H42N2O7/c1-19-6-7-20(23(30)18-19)25-26(31)21-4-3-5-22(24(21)27(25)32)29-9-11-34-13-15-36-17-16-35-14-12-33-10-8-28-2/h3-5,19-20,25,27-29,32H,6-18H2,1-2H3. The van der Waals surface area contributed by atoms with Crippen molar-refractivity contribution >= 4 is 17.3 Å². The molecule has 1 fully saturated rings. The Kier molecular flexibility index (Phi) is 12.3. The Morgan fingerprint density at radius 2 is 1.50 bits per heavy atom. The van der Waals surface area contributed by atoms with Crippen molar-refractivity contribution in [1.82, 2.24) is 5.32 Å². The summed E-state index contributed by atoms with van der Waals surface area (Å²) in [7, 11) is 1.89. The van der Waals surface area contributed by atoms with E-state index >= 15 is 0 Å². The monoisotopic (exact) mass is 506 g/mol. The number of aliphatic hydroxyl groups is 1. The molecule has 0 spiro atoms. The second kappa shape index (κ2) is 15.4. The lowest BCUT2D eigenvalue weighted by Gasteiger charge is -2.30. The van der Waals surface area contributed by atoms with Crippen molar-refractivity contribution in [2.75, 3.05) is 78.3 Å². The zero-order chi connectivity index (χ0) is 25.8. The number of rotatable bonds is 17. The van der Waals surface area contributed by atoms with E-state index in [0.717, 1.165) is 18.7 Å². The Labute approximate surface area is 214 Å². The maximum Gasteiger partial charge on any atom is 0.170 e. The van der Waals surface area contributed by atoms with Gasteiger partial charge in [0.05, 0.1) is 64.9 Å². The third-order valence-electron chi connectivity index (χ3n) is 6.85. The number of carbonyl (C=O) groups excluding carboxylic acids is 2. The largest absolute Gasteiger partial charge is 0.388 e. The number of aliphatic hydroxyl groups excluding tert-OH is 1. The van der Waals surface area contributed by atoms with Crippen LogP contribution in [-0.2, 0) is 23.7 Å². The number of ketones is 2. The van der Waals surface area contributed by atoms with Crippen molar-refractivity contribution in [1.29, 1.82) is 0 Å². The minimum atomic E-state index is -0.963. The highest BCUT2D eigenvalue weighted by Gasteiger charge is 2.47. The predicted octanol–water partition coefficient (Wildman–Crippen LogP) is 2.24. The molecule has 0 aromatic heterocycles. The predicted molar refractivity (Wildman–Crippen MR) is 136 cm³/mol. The average molecular weight is 507 g/mol. The molecule has 2 aliphatic rings. The molecule has 3 rings (SSSR count). The van der Waals surface area contributed by atoms with Gasteiger partial charge >= 0.3 is 0 Å². The van der Waals surface area contributed by atoms with Gasteiger partial charge in [-0.25, -0.2) is 0 Å². The summed E-state index contributed by atoms with van der Waals surface area (Å²) in [4.78, 5) is 25.7. The Bertz CT molecular complexity index is 834. The molecule has 1 aromatic carbocycles. The van der Waals surface area contributed by atoms with E-state index in [9.17, 15) is 14.7 Å². The summed E-state index contributed by atoms with van der Waals surface area (Å²) in [6, 6.07) is 5.41. The molecule has 0 heterocycles. The summed E-state index contributed by atoms with van der Waals surface area (Å²) in [5.74, 6) is -0.739. The van der Waals surface area contributed by atoms with Gasteiger partial charge in [-0.05, 0) is 31.9 Å². The first kappa shape index (κ1) is 28.7. The van der Waals surface area contributed by atoms with Gasteiger partial charge in [0, 0.05) is 42.2 Å². The molecular weight excluding hydrogens is 464 g/mol. The molecule has 0 saturated heterocycles.